The van der Waals surface area contributed by atoms with Crippen molar-refractivity contribution in [3.63, 3.8) is 0 Å². The second-order valence-corrected chi connectivity index (χ2v) is 21.5. The van der Waals surface area contributed by atoms with E-state index in [4.69, 9.17) is 71.1 Å². The SMILES string of the molecule is COCCOCCOCC(COCCOCCOC)COCC(COCC(COCCOCCOC)COCCOCCOC)COc1cc(-c2ccc(-c3ccc(-c4ccccc4)cc3)cc2)ccc1-c1ccc(-c2ccc(-c3ccccc3)cc2)cc1. The third-order valence-corrected chi connectivity index (χ3v) is 14.6. The lowest BCUT2D eigenvalue weighted by atomic mass is 9.95. The number of methoxy groups -OCH3 is 4. The van der Waals surface area contributed by atoms with Gasteiger partial charge in [0, 0.05) is 51.8 Å². The topological polar surface area (TPSA) is 138 Å². The average molecular weight is 1220 g/mol. The minimum absolute atomic E-state index is 0.0702. The van der Waals surface area contributed by atoms with Gasteiger partial charge in [-0.3, -0.25) is 0 Å². The summed E-state index contributed by atoms with van der Waals surface area (Å²) in [6, 6.07) is 62.3. The number of ether oxygens (including phenoxy) is 15. The molecule has 0 radical (unpaired) electrons. The van der Waals surface area contributed by atoms with E-state index in [1.54, 1.807) is 28.4 Å². The minimum atomic E-state index is -0.197. The lowest BCUT2D eigenvalue weighted by Gasteiger charge is -2.23. The predicted octanol–water partition coefficient (Wildman–Crippen LogP) is 12.7. The molecule has 7 aromatic carbocycles. The first kappa shape index (κ1) is 70.2. The molecule has 0 saturated carbocycles. The highest BCUT2D eigenvalue weighted by atomic mass is 16.6. The van der Waals surface area contributed by atoms with Crippen molar-refractivity contribution in [2.75, 3.05) is 194 Å². The van der Waals surface area contributed by atoms with Crippen molar-refractivity contribution >= 4 is 0 Å². The first-order valence-corrected chi connectivity index (χ1v) is 31.1. The zero-order chi connectivity index (χ0) is 62.0. The first-order valence-electron chi connectivity index (χ1n) is 31.1. The van der Waals surface area contributed by atoms with E-state index in [0.29, 0.717) is 165 Å². The van der Waals surface area contributed by atoms with Crippen LogP contribution in [0.4, 0.5) is 0 Å². The lowest BCUT2D eigenvalue weighted by Crippen LogP contribution is -2.30. The number of rotatable bonds is 49. The molecule has 0 heterocycles. The van der Waals surface area contributed by atoms with Gasteiger partial charge in [0.2, 0.25) is 0 Å². The van der Waals surface area contributed by atoms with E-state index in [1.165, 1.54) is 22.3 Å². The van der Waals surface area contributed by atoms with Gasteiger partial charge in [0.05, 0.1) is 165 Å². The van der Waals surface area contributed by atoms with Gasteiger partial charge >= 0.3 is 0 Å². The molecular weight excluding hydrogens is 1130 g/mol. The molecule has 15 heteroatoms. The van der Waals surface area contributed by atoms with Crippen molar-refractivity contribution < 1.29 is 71.1 Å². The summed E-state index contributed by atoms with van der Waals surface area (Å²) < 4.78 is 87.9. The van der Waals surface area contributed by atoms with E-state index >= 15 is 0 Å². The minimum Gasteiger partial charge on any atom is -0.492 e. The third-order valence-electron chi connectivity index (χ3n) is 14.6. The maximum Gasteiger partial charge on any atom is 0.127 e. The van der Waals surface area contributed by atoms with Crippen molar-refractivity contribution in [2.24, 2.45) is 17.8 Å². The predicted molar refractivity (Wildman–Crippen MR) is 351 cm³/mol. The van der Waals surface area contributed by atoms with Crippen molar-refractivity contribution in [2.45, 2.75) is 0 Å². The van der Waals surface area contributed by atoms with Gasteiger partial charge in [-0.15, -0.1) is 0 Å². The summed E-state index contributed by atoms with van der Waals surface area (Å²) in [6.45, 7) is 11.0. The molecule has 0 atom stereocenters. The van der Waals surface area contributed by atoms with E-state index in [9.17, 15) is 0 Å². The average Bonchev–Trinajstić information content (AvgIpc) is 1.96. The molecule has 0 aromatic heterocycles. The fourth-order valence-corrected chi connectivity index (χ4v) is 9.62. The molecule has 0 bridgehead atoms. The standard InChI is InChI=1S/C74H94O15/c1-75-33-37-79-41-45-83-50-59(51-84-46-42-80-38-34-76-2)54-87-56-61(57-88-55-60(52-85-47-43-81-39-35-77-3)53-86-48-44-82-40-36-78-4)58-89-74-49-72(70-25-23-68(24-26-70)66-19-15-64(16-20-66)62-11-7-5-8-12-62)31-32-73(74)71-29-27-69(28-30-71)67-21-17-65(18-22-67)63-13-9-6-10-14-63/h5-32,49,59-61H,33-48,50-58H2,1-4H3. The molecule has 0 N–H and O–H groups in total. The monoisotopic (exact) mass is 1220 g/mol. The molecule has 0 amide bonds. The fraction of sp³-hybridized carbons (Fsp3) is 0.432. The fourth-order valence-electron chi connectivity index (χ4n) is 9.62. The second-order valence-electron chi connectivity index (χ2n) is 21.5. The van der Waals surface area contributed by atoms with Crippen LogP contribution in [0.3, 0.4) is 0 Å². The largest absolute Gasteiger partial charge is 0.492 e. The third kappa shape index (κ3) is 26.6. The van der Waals surface area contributed by atoms with Gasteiger partial charge in [0.15, 0.2) is 0 Å². The Morgan fingerprint density at radius 1 is 0.213 bits per heavy atom. The Bertz CT molecular complexity index is 2790. The van der Waals surface area contributed by atoms with E-state index in [0.717, 1.165) is 50.3 Å². The van der Waals surface area contributed by atoms with Crippen LogP contribution in [0.5, 0.6) is 5.75 Å². The summed E-state index contributed by atoms with van der Waals surface area (Å²) >= 11 is 0. The second kappa shape index (κ2) is 43.5. The van der Waals surface area contributed by atoms with Crippen LogP contribution in [0.2, 0.25) is 0 Å². The van der Waals surface area contributed by atoms with E-state index in [2.05, 4.69) is 164 Å². The Hall–Kier alpha value is -6.22. The van der Waals surface area contributed by atoms with Gasteiger partial charge in [-0.2, -0.15) is 0 Å². The summed E-state index contributed by atoms with van der Waals surface area (Å²) in [5.41, 5.74) is 13.4. The maximum atomic E-state index is 7.07. The van der Waals surface area contributed by atoms with Crippen LogP contribution >= 0.6 is 0 Å². The molecule has 0 saturated heterocycles. The molecular formula is C74H94O15. The smallest absolute Gasteiger partial charge is 0.127 e. The number of benzene rings is 7. The van der Waals surface area contributed by atoms with Crippen LogP contribution in [0, 0.1) is 17.8 Å². The van der Waals surface area contributed by atoms with E-state index in [-0.39, 0.29) is 17.8 Å². The van der Waals surface area contributed by atoms with Gasteiger partial charge in [0.25, 0.3) is 0 Å². The Morgan fingerprint density at radius 3 is 0.764 bits per heavy atom. The van der Waals surface area contributed by atoms with Gasteiger partial charge in [-0.05, 0) is 67.3 Å². The summed E-state index contributed by atoms with van der Waals surface area (Å²) in [5, 5.41) is 0. The zero-order valence-corrected chi connectivity index (χ0v) is 52.8. The lowest BCUT2D eigenvalue weighted by molar-refractivity contribution is -0.0553. The van der Waals surface area contributed by atoms with Crippen LogP contribution in [-0.2, 0) is 66.3 Å². The zero-order valence-electron chi connectivity index (χ0n) is 52.8. The summed E-state index contributed by atoms with van der Waals surface area (Å²) in [7, 11) is 6.62. The van der Waals surface area contributed by atoms with Gasteiger partial charge < -0.3 is 71.1 Å². The van der Waals surface area contributed by atoms with Gasteiger partial charge in [-0.25, -0.2) is 0 Å². The summed E-state index contributed by atoms with van der Waals surface area (Å²) in [5.74, 6) is 0.406. The highest BCUT2D eigenvalue weighted by Crippen LogP contribution is 2.37. The first-order chi connectivity index (χ1) is 44.0. The molecule has 0 aliphatic heterocycles. The van der Waals surface area contributed by atoms with Crippen molar-refractivity contribution in [1.29, 1.82) is 0 Å². The quantitative estimate of drug-likeness (QED) is 0.0334. The molecule has 15 nitrogen and oxygen atoms in total. The maximum absolute atomic E-state index is 7.07. The highest BCUT2D eigenvalue weighted by Gasteiger charge is 2.20. The highest BCUT2D eigenvalue weighted by molar-refractivity contribution is 5.80. The van der Waals surface area contributed by atoms with Gasteiger partial charge in [-0.1, -0.05) is 170 Å². The van der Waals surface area contributed by atoms with Crippen LogP contribution in [0.1, 0.15) is 0 Å². The summed E-state index contributed by atoms with van der Waals surface area (Å²) in [4.78, 5) is 0. The molecule has 0 aliphatic carbocycles. The Labute approximate surface area is 528 Å². The van der Waals surface area contributed by atoms with Crippen molar-refractivity contribution in [3.8, 4) is 72.5 Å². The normalized spacial score (nSPS) is 11.6. The molecule has 89 heavy (non-hydrogen) atoms. The Balaban J connectivity index is 1.11. The van der Waals surface area contributed by atoms with Crippen LogP contribution in [0.25, 0.3) is 66.8 Å². The van der Waals surface area contributed by atoms with Crippen LogP contribution < -0.4 is 4.74 Å². The van der Waals surface area contributed by atoms with Crippen molar-refractivity contribution in [3.05, 3.63) is 176 Å². The van der Waals surface area contributed by atoms with Crippen LogP contribution in [0.15, 0.2) is 176 Å². The number of hydrogen-bond donors (Lipinski definition) is 0. The molecule has 0 unspecified atom stereocenters. The summed E-state index contributed by atoms with van der Waals surface area (Å²) in [6.07, 6.45) is 0. The number of hydrogen-bond acceptors (Lipinski definition) is 15. The molecule has 0 aliphatic rings. The molecule has 0 spiro atoms. The van der Waals surface area contributed by atoms with E-state index < -0.39 is 0 Å². The van der Waals surface area contributed by atoms with E-state index in [1.807, 2.05) is 12.1 Å². The van der Waals surface area contributed by atoms with Crippen molar-refractivity contribution in [1.82, 2.24) is 0 Å². The van der Waals surface area contributed by atoms with Crippen LogP contribution in [-0.4, -0.2) is 194 Å². The molecule has 7 aromatic rings. The van der Waals surface area contributed by atoms with Gasteiger partial charge in [0.1, 0.15) is 5.75 Å². The molecule has 0 fully saturated rings. The molecule has 7 rings (SSSR count). The Morgan fingerprint density at radius 2 is 0.449 bits per heavy atom. The molecule has 480 valence electrons. The Kier molecular flexibility index (Phi) is 34.3.